The molecule has 0 fully saturated rings. The van der Waals surface area contributed by atoms with Crippen molar-refractivity contribution in [2.45, 2.75) is 13.8 Å². The summed E-state index contributed by atoms with van der Waals surface area (Å²) >= 11 is 5.63. The maximum atomic E-state index is 11.3. The van der Waals surface area contributed by atoms with Gasteiger partial charge in [-0.25, -0.2) is 9.97 Å². The highest BCUT2D eigenvalue weighted by Crippen LogP contribution is 2.04. The SMILES string of the molecule is CC(C)CNC(=O)CNc1ncc(Cl)cn1. The van der Waals surface area contributed by atoms with Crippen LogP contribution in [-0.4, -0.2) is 29.0 Å². The summed E-state index contributed by atoms with van der Waals surface area (Å²) < 4.78 is 0. The molecule has 1 amide bonds. The predicted molar refractivity (Wildman–Crippen MR) is 63.4 cm³/mol. The lowest BCUT2D eigenvalue weighted by molar-refractivity contribution is -0.119. The molecule has 0 aliphatic heterocycles. The molecule has 1 aromatic rings. The van der Waals surface area contributed by atoms with Crippen LogP contribution < -0.4 is 10.6 Å². The number of nitrogens with zero attached hydrogens (tertiary/aromatic N) is 2. The van der Waals surface area contributed by atoms with Crippen molar-refractivity contribution in [3.63, 3.8) is 0 Å². The smallest absolute Gasteiger partial charge is 0.239 e. The van der Waals surface area contributed by atoms with Crippen LogP contribution in [0.2, 0.25) is 5.02 Å². The number of anilines is 1. The molecule has 0 aliphatic rings. The monoisotopic (exact) mass is 242 g/mol. The van der Waals surface area contributed by atoms with Crippen molar-refractivity contribution in [1.29, 1.82) is 0 Å². The third-order valence-electron chi connectivity index (χ3n) is 1.73. The molecule has 0 aromatic carbocycles. The van der Waals surface area contributed by atoms with E-state index < -0.39 is 0 Å². The van der Waals surface area contributed by atoms with Gasteiger partial charge in [-0.1, -0.05) is 25.4 Å². The van der Waals surface area contributed by atoms with E-state index in [1.54, 1.807) is 0 Å². The van der Waals surface area contributed by atoms with Gasteiger partial charge >= 0.3 is 0 Å². The second-order valence-electron chi connectivity index (χ2n) is 3.78. The number of hydrogen-bond donors (Lipinski definition) is 2. The van der Waals surface area contributed by atoms with Crippen LogP contribution in [0.1, 0.15) is 13.8 Å². The van der Waals surface area contributed by atoms with Gasteiger partial charge in [0.1, 0.15) is 0 Å². The molecule has 2 N–H and O–H groups in total. The third-order valence-corrected chi connectivity index (χ3v) is 1.93. The van der Waals surface area contributed by atoms with E-state index in [4.69, 9.17) is 11.6 Å². The molecule has 0 radical (unpaired) electrons. The second-order valence-corrected chi connectivity index (χ2v) is 4.21. The molecule has 1 aromatic heterocycles. The lowest BCUT2D eigenvalue weighted by Gasteiger charge is -2.08. The number of halogens is 1. The predicted octanol–water partition coefficient (Wildman–Crippen LogP) is 1.31. The molecule has 6 heteroatoms. The van der Waals surface area contributed by atoms with Crippen molar-refractivity contribution in [3.8, 4) is 0 Å². The summed E-state index contributed by atoms with van der Waals surface area (Å²) in [5, 5.41) is 6.05. The summed E-state index contributed by atoms with van der Waals surface area (Å²) in [6, 6.07) is 0. The number of carbonyl (C=O) groups excluding carboxylic acids is 1. The Hall–Kier alpha value is -1.36. The van der Waals surface area contributed by atoms with Crippen LogP contribution >= 0.6 is 11.6 Å². The second kappa shape index (κ2) is 6.27. The van der Waals surface area contributed by atoms with Gasteiger partial charge < -0.3 is 10.6 Å². The minimum Gasteiger partial charge on any atom is -0.354 e. The summed E-state index contributed by atoms with van der Waals surface area (Å²) in [6.07, 6.45) is 2.95. The summed E-state index contributed by atoms with van der Waals surface area (Å²) in [5.41, 5.74) is 0. The number of aromatic nitrogens is 2. The molecule has 88 valence electrons. The van der Waals surface area contributed by atoms with Crippen LogP contribution in [0.3, 0.4) is 0 Å². The van der Waals surface area contributed by atoms with E-state index in [0.717, 1.165) is 0 Å². The minimum atomic E-state index is -0.0766. The van der Waals surface area contributed by atoms with Gasteiger partial charge in [-0.3, -0.25) is 4.79 Å². The molecule has 1 rings (SSSR count). The van der Waals surface area contributed by atoms with E-state index in [0.29, 0.717) is 23.4 Å². The Bertz CT molecular complexity index is 339. The van der Waals surface area contributed by atoms with Crippen molar-refractivity contribution >= 4 is 23.5 Å². The van der Waals surface area contributed by atoms with Gasteiger partial charge in [-0.15, -0.1) is 0 Å². The fourth-order valence-corrected chi connectivity index (χ4v) is 1.04. The maximum Gasteiger partial charge on any atom is 0.239 e. The number of nitrogens with one attached hydrogen (secondary N) is 2. The summed E-state index contributed by atoms with van der Waals surface area (Å²) in [5.74, 6) is 0.757. The van der Waals surface area contributed by atoms with E-state index in [-0.39, 0.29) is 12.5 Å². The zero-order chi connectivity index (χ0) is 12.0. The first-order valence-corrected chi connectivity index (χ1v) is 5.44. The topological polar surface area (TPSA) is 66.9 Å². The summed E-state index contributed by atoms with van der Waals surface area (Å²) in [4.78, 5) is 19.2. The van der Waals surface area contributed by atoms with Gasteiger partial charge in [-0.05, 0) is 5.92 Å². The fraction of sp³-hybridized carbons (Fsp3) is 0.500. The van der Waals surface area contributed by atoms with Gasteiger partial charge in [-0.2, -0.15) is 0 Å². The van der Waals surface area contributed by atoms with E-state index in [1.165, 1.54) is 12.4 Å². The van der Waals surface area contributed by atoms with Crippen molar-refractivity contribution in [2.24, 2.45) is 5.92 Å². The highest BCUT2D eigenvalue weighted by atomic mass is 35.5. The van der Waals surface area contributed by atoms with Gasteiger partial charge in [0.05, 0.1) is 24.0 Å². The lowest BCUT2D eigenvalue weighted by atomic mass is 10.2. The van der Waals surface area contributed by atoms with Gasteiger partial charge in [0.15, 0.2) is 0 Å². The van der Waals surface area contributed by atoms with Crippen LogP contribution in [0.15, 0.2) is 12.4 Å². The quantitative estimate of drug-likeness (QED) is 0.817. The molecular formula is C10H15ClN4O. The molecule has 0 aliphatic carbocycles. The average molecular weight is 243 g/mol. The maximum absolute atomic E-state index is 11.3. The highest BCUT2D eigenvalue weighted by molar-refractivity contribution is 6.30. The molecule has 0 unspecified atom stereocenters. The molecule has 0 spiro atoms. The molecule has 0 atom stereocenters. The van der Waals surface area contributed by atoms with Crippen molar-refractivity contribution in [2.75, 3.05) is 18.4 Å². The largest absolute Gasteiger partial charge is 0.354 e. The lowest BCUT2D eigenvalue weighted by Crippen LogP contribution is -2.32. The molecule has 1 heterocycles. The first-order valence-electron chi connectivity index (χ1n) is 5.06. The summed E-state index contributed by atoms with van der Waals surface area (Å²) in [6.45, 7) is 4.91. The van der Waals surface area contributed by atoms with Crippen LogP contribution in [0.25, 0.3) is 0 Å². The first kappa shape index (κ1) is 12.7. The van der Waals surface area contributed by atoms with Gasteiger partial charge in [0.25, 0.3) is 0 Å². The minimum absolute atomic E-state index is 0.0766. The fourth-order valence-electron chi connectivity index (χ4n) is 0.943. The van der Waals surface area contributed by atoms with Crippen molar-refractivity contribution < 1.29 is 4.79 Å². The Balaban J connectivity index is 2.29. The average Bonchev–Trinajstić information content (AvgIpc) is 2.25. The molecular weight excluding hydrogens is 228 g/mol. The Morgan fingerprint density at radius 3 is 2.62 bits per heavy atom. The van der Waals surface area contributed by atoms with E-state index in [9.17, 15) is 4.79 Å². The summed E-state index contributed by atoms with van der Waals surface area (Å²) in [7, 11) is 0. The van der Waals surface area contributed by atoms with Gasteiger partial charge in [0.2, 0.25) is 11.9 Å². The Kier molecular flexibility index (Phi) is 4.98. The van der Waals surface area contributed by atoms with Crippen LogP contribution in [0.5, 0.6) is 0 Å². The van der Waals surface area contributed by atoms with Gasteiger partial charge in [0, 0.05) is 6.54 Å². The Morgan fingerprint density at radius 1 is 1.44 bits per heavy atom. The zero-order valence-corrected chi connectivity index (χ0v) is 10.1. The van der Waals surface area contributed by atoms with Crippen LogP contribution in [0, 0.1) is 5.92 Å². The highest BCUT2D eigenvalue weighted by Gasteiger charge is 2.03. The van der Waals surface area contributed by atoms with E-state index in [2.05, 4.69) is 20.6 Å². The standard InChI is InChI=1S/C10H15ClN4O/c1-7(2)3-12-9(16)6-15-10-13-4-8(11)5-14-10/h4-5,7H,3,6H2,1-2H3,(H,12,16)(H,13,14,15). The van der Waals surface area contributed by atoms with Crippen molar-refractivity contribution in [1.82, 2.24) is 15.3 Å². The molecule has 0 saturated heterocycles. The van der Waals surface area contributed by atoms with Crippen molar-refractivity contribution in [3.05, 3.63) is 17.4 Å². The molecule has 0 bridgehead atoms. The third kappa shape index (κ3) is 4.93. The van der Waals surface area contributed by atoms with Crippen LogP contribution in [-0.2, 0) is 4.79 Å². The zero-order valence-electron chi connectivity index (χ0n) is 9.33. The number of amides is 1. The first-order chi connectivity index (χ1) is 7.58. The Morgan fingerprint density at radius 2 is 2.06 bits per heavy atom. The number of rotatable bonds is 5. The number of carbonyl (C=O) groups is 1. The molecule has 5 nitrogen and oxygen atoms in total. The Labute approximate surface area is 99.6 Å². The van der Waals surface area contributed by atoms with Crippen LogP contribution in [0.4, 0.5) is 5.95 Å². The molecule has 0 saturated carbocycles. The molecule has 16 heavy (non-hydrogen) atoms. The normalized spacial score (nSPS) is 10.2. The van der Waals surface area contributed by atoms with E-state index in [1.807, 2.05) is 13.8 Å². The van der Waals surface area contributed by atoms with E-state index >= 15 is 0 Å². The number of hydrogen-bond acceptors (Lipinski definition) is 4.